The maximum absolute atomic E-state index is 14.8. The van der Waals surface area contributed by atoms with E-state index in [1.165, 1.54) is 30.6 Å². The number of hydrogen-bond donors (Lipinski definition) is 1. The van der Waals surface area contributed by atoms with Gasteiger partial charge in [0.2, 0.25) is 5.95 Å². The van der Waals surface area contributed by atoms with E-state index in [0.717, 1.165) is 12.1 Å². The van der Waals surface area contributed by atoms with E-state index in [2.05, 4.69) is 15.0 Å². The van der Waals surface area contributed by atoms with Crippen molar-refractivity contribution < 1.29 is 18.0 Å². The van der Waals surface area contributed by atoms with E-state index in [1.807, 2.05) is 0 Å². The molecule has 0 bridgehead atoms. The zero-order valence-corrected chi connectivity index (χ0v) is 17.7. The molecule has 0 atom stereocenters. The highest BCUT2D eigenvalue weighted by atomic mass is 35.5. The molecule has 3 heterocycles. The Morgan fingerprint density at radius 3 is 2.48 bits per heavy atom. The lowest BCUT2D eigenvalue weighted by molar-refractivity contribution is 0.100. The Hall–Kier alpha value is -3.98. The lowest BCUT2D eigenvalue weighted by Crippen LogP contribution is -2.12. The lowest BCUT2D eigenvalue weighted by atomic mass is 10.0. The van der Waals surface area contributed by atoms with E-state index < -0.39 is 23.5 Å². The summed E-state index contributed by atoms with van der Waals surface area (Å²) in [5.74, 6) is -2.63. The minimum absolute atomic E-state index is 0.0566. The van der Waals surface area contributed by atoms with Crippen LogP contribution in [0, 0.1) is 24.5 Å². The zero-order valence-electron chi connectivity index (χ0n) is 16.9. The van der Waals surface area contributed by atoms with E-state index in [9.17, 15) is 18.0 Å². The number of halogens is 4. The number of pyridine rings is 2. The third kappa shape index (κ3) is 3.20. The highest BCUT2D eigenvalue weighted by molar-refractivity contribution is 6.33. The number of nitrogens with two attached hydrogens (primary N) is 1. The Morgan fingerprint density at radius 2 is 1.73 bits per heavy atom. The standard InChI is InChI=1S/C23H13ClF3N5O/c1-10-31-20-13(23(28)33)8-11(12-4-6-30-22(27)19(12)24)9-17(20)32(10)16-5-7-29-21-15(26)3-2-14(25)18(16)21/h2-9H,1H3,(H2,28,33). The number of fused-ring (bicyclic) bond motifs is 2. The van der Waals surface area contributed by atoms with Crippen molar-refractivity contribution in [2.24, 2.45) is 5.73 Å². The summed E-state index contributed by atoms with van der Waals surface area (Å²) in [7, 11) is 0. The quantitative estimate of drug-likeness (QED) is 0.373. The summed E-state index contributed by atoms with van der Waals surface area (Å²) in [6.07, 6.45) is 2.58. The van der Waals surface area contributed by atoms with Gasteiger partial charge >= 0.3 is 0 Å². The molecule has 10 heteroatoms. The number of imidazole rings is 1. The van der Waals surface area contributed by atoms with Crippen molar-refractivity contribution in [2.75, 3.05) is 0 Å². The lowest BCUT2D eigenvalue weighted by Gasteiger charge is -2.13. The van der Waals surface area contributed by atoms with Gasteiger partial charge in [-0.15, -0.1) is 0 Å². The molecule has 33 heavy (non-hydrogen) atoms. The highest BCUT2D eigenvalue weighted by Gasteiger charge is 2.22. The van der Waals surface area contributed by atoms with Gasteiger partial charge in [-0.2, -0.15) is 4.39 Å². The summed E-state index contributed by atoms with van der Waals surface area (Å²) in [6, 6.07) is 8.07. The molecule has 1 amide bonds. The minimum Gasteiger partial charge on any atom is -0.366 e. The first-order valence-corrected chi connectivity index (χ1v) is 10.0. The number of primary amides is 1. The van der Waals surface area contributed by atoms with Crippen LogP contribution in [0.15, 0.2) is 48.8 Å². The summed E-state index contributed by atoms with van der Waals surface area (Å²) < 4.78 is 44.8. The molecular formula is C23H13ClF3N5O. The molecule has 0 unspecified atom stereocenters. The van der Waals surface area contributed by atoms with E-state index in [0.29, 0.717) is 16.9 Å². The molecule has 5 aromatic rings. The molecule has 0 aliphatic carbocycles. The molecule has 5 rings (SSSR count). The second kappa shape index (κ2) is 7.56. The van der Waals surface area contributed by atoms with Crippen molar-refractivity contribution in [3.05, 3.63) is 82.8 Å². The van der Waals surface area contributed by atoms with Crippen molar-refractivity contribution in [1.82, 2.24) is 19.5 Å². The Bertz CT molecular complexity index is 1620. The van der Waals surface area contributed by atoms with Crippen molar-refractivity contribution >= 4 is 39.4 Å². The van der Waals surface area contributed by atoms with Crippen molar-refractivity contribution in [3.63, 3.8) is 0 Å². The maximum Gasteiger partial charge on any atom is 0.250 e. The minimum atomic E-state index is -0.878. The zero-order chi connectivity index (χ0) is 23.4. The van der Waals surface area contributed by atoms with Gasteiger partial charge in [-0.25, -0.2) is 18.7 Å². The smallest absolute Gasteiger partial charge is 0.250 e. The van der Waals surface area contributed by atoms with Crippen LogP contribution in [0.4, 0.5) is 13.2 Å². The molecule has 2 aromatic carbocycles. The van der Waals surface area contributed by atoms with Crippen LogP contribution in [0.25, 0.3) is 38.8 Å². The van der Waals surface area contributed by atoms with Gasteiger partial charge in [-0.3, -0.25) is 14.3 Å². The molecule has 2 N–H and O–H groups in total. The largest absolute Gasteiger partial charge is 0.366 e. The average Bonchev–Trinajstić information content (AvgIpc) is 3.12. The summed E-state index contributed by atoms with van der Waals surface area (Å²) in [5, 5.41) is -0.295. The summed E-state index contributed by atoms with van der Waals surface area (Å²) in [5.41, 5.74) is 7.02. The van der Waals surface area contributed by atoms with Crippen LogP contribution >= 0.6 is 11.6 Å². The van der Waals surface area contributed by atoms with E-state index >= 15 is 0 Å². The van der Waals surface area contributed by atoms with Gasteiger partial charge in [0.1, 0.15) is 33.5 Å². The normalized spacial score (nSPS) is 11.4. The van der Waals surface area contributed by atoms with Gasteiger partial charge in [-0.1, -0.05) is 11.6 Å². The number of aryl methyl sites for hydroxylation is 1. The first-order valence-electron chi connectivity index (χ1n) is 9.64. The molecule has 0 fully saturated rings. The number of amides is 1. The molecule has 0 aliphatic heterocycles. The first kappa shape index (κ1) is 20.9. The molecule has 0 saturated heterocycles. The molecule has 0 radical (unpaired) electrons. The number of carbonyl (C=O) groups is 1. The predicted molar refractivity (Wildman–Crippen MR) is 118 cm³/mol. The Morgan fingerprint density at radius 1 is 1.00 bits per heavy atom. The molecule has 0 spiro atoms. The second-order valence-corrected chi connectivity index (χ2v) is 7.67. The maximum atomic E-state index is 14.8. The van der Waals surface area contributed by atoms with Crippen LogP contribution in [0.3, 0.4) is 0 Å². The molecule has 0 saturated carbocycles. The Labute approximate surface area is 189 Å². The number of carbonyl (C=O) groups excluding carboxylic acids is 1. The van der Waals surface area contributed by atoms with Gasteiger partial charge in [0.05, 0.1) is 22.2 Å². The molecular weight excluding hydrogens is 455 g/mol. The fourth-order valence-electron chi connectivity index (χ4n) is 3.94. The highest BCUT2D eigenvalue weighted by Crippen LogP contribution is 2.35. The third-order valence-electron chi connectivity index (χ3n) is 5.36. The molecule has 0 aliphatic rings. The summed E-state index contributed by atoms with van der Waals surface area (Å²) in [6.45, 7) is 1.65. The Kier molecular flexibility index (Phi) is 4.79. The fraction of sp³-hybridized carbons (Fsp3) is 0.0435. The van der Waals surface area contributed by atoms with Crippen LogP contribution in [-0.4, -0.2) is 25.4 Å². The van der Waals surface area contributed by atoms with E-state index in [1.54, 1.807) is 17.6 Å². The van der Waals surface area contributed by atoms with Gasteiger partial charge in [0.25, 0.3) is 5.91 Å². The SMILES string of the molecule is Cc1nc2c(C(N)=O)cc(-c3ccnc(F)c3Cl)cc2n1-c1ccnc2c(F)ccc(F)c12. The molecule has 164 valence electrons. The van der Waals surface area contributed by atoms with Crippen LogP contribution in [0.2, 0.25) is 5.02 Å². The van der Waals surface area contributed by atoms with E-state index in [4.69, 9.17) is 17.3 Å². The number of benzene rings is 2. The number of nitrogens with zero attached hydrogens (tertiary/aromatic N) is 4. The van der Waals surface area contributed by atoms with Gasteiger partial charge in [0, 0.05) is 18.0 Å². The van der Waals surface area contributed by atoms with Crippen LogP contribution in [0.1, 0.15) is 16.2 Å². The van der Waals surface area contributed by atoms with Crippen molar-refractivity contribution in [3.8, 4) is 16.8 Å². The molecule has 3 aromatic heterocycles. The monoisotopic (exact) mass is 467 g/mol. The van der Waals surface area contributed by atoms with Crippen molar-refractivity contribution in [2.45, 2.75) is 6.92 Å². The molecule has 6 nitrogen and oxygen atoms in total. The van der Waals surface area contributed by atoms with Gasteiger partial charge in [0.15, 0.2) is 0 Å². The van der Waals surface area contributed by atoms with Gasteiger partial charge in [-0.05, 0) is 48.9 Å². The summed E-state index contributed by atoms with van der Waals surface area (Å²) >= 11 is 6.11. The van der Waals surface area contributed by atoms with Crippen LogP contribution in [-0.2, 0) is 0 Å². The topological polar surface area (TPSA) is 86.7 Å². The second-order valence-electron chi connectivity index (χ2n) is 7.30. The first-order chi connectivity index (χ1) is 15.8. The third-order valence-corrected chi connectivity index (χ3v) is 5.72. The fourth-order valence-corrected chi connectivity index (χ4v) is 4.17. The summed E-state index contributed by atoms with van der Waals surface area (Å²) in [4.78, 5) is 24.2. The predicted octanol–water partition coefficient (Wildman–Crippen LogP) is 5.11. The van der Waals surface area contributed by atoms with E-state index in [-0.39, 0.29) is 38.3 Å². The van der Waals surface area contributed by atoms with Crippen molar-refractivity contribution in [1.29, 1.82) is 0 Å². The number of hydrogen-bond acceptors (Lipinski definition) is 4. The Balaban J connectivity index is 1.92. The average molecular weight is 468 g/mol. The van der Waals surface area contributed by atoms with Crippen LogP contribution < -0.4 is 5.73 Å². The van der Waals surface area contributed by atoms with Crippen LogP contribution in [0.5, 0.6) is 0 Å². The number of aromatic nitrogens is 4. The number of rotatable bonds is 3. The van der Waals surface area contributed by atoms with Gasteiger partial charge < -0.3 is 5.73 Å².